The predicted molar refractivity (Wildman–Crippen MR) is 55.8 cm³/mol. The van der Waals surface area contributed by atoms with E-state index in [-0.39, 0.29) is 0 Å². The predicted octanol–water partition coefficient (Wildman–Crippen LogP) is 1.44. The minimum Gasteiger partial charge on any atom is -0.330 e. The highest BCUT2D eigenvalue weighted by atomic mass is 16.1. The highest BCUT2D eigenvalue weighted by Crippen LogP contribution is 2.22. The van der Waals surface area contributed by atoms with Crippen molar-refractivity contribution in [1.29, 1.82) is 0 Å². The molecule has 14 heavy (non-hydrogen) atoms. The summed E-state index contributed by atoms with van der Waals surface area (Å²) >= 11 is 0. The van der Waals surface area contributed by atoms with Gasteiger partial charge in [-0.25, -0.2) is 0 Å². The van der Waals surface area contributed by atoms with Gasteiger partial charge in [0, 0.05) is 19.6 Å². The molecule has 0 saturated carbocycles. The first-order valence-corrected chi connectivity index (χ1v) is 5.87. The molecule has 0 radical (unpaired) electrons. The molecule has 0 N–H and O–H groups in total. The molecular formula is C11H20N2O. The maximum absolute atomic E-state index is 10.9. The molecule has 1 amide bonds. The lowest BCUT2D eigenvalue weighted by molar-refractivity contribution is -0.126. The van der Waals surface area contributed by atoms with Crippen LogP contribution in [0.15, 0.2) is 0 Å². The lowest BCUT2D eigenvalue weighted by atomic mass is 10.0. The van der Waals surface area contributed by atoms with E-state index in [1.807, 2.05) is 4.90 Å². The number of rotatable bonds is 2. The van der Waals surface area contributed by atoms with Crippen LogP contribution in [0, 0.1) is 0 Å². The van der Waals surface area contributed by atoms with E-state index < -0.39 is 0 Å². The second kappa shape index (κ2) is 4.78. The smallest absolute Gasteiger partial charge is 0.210 e. The molecule has 2 fully saturated rings. The second-order valence-electron chi connectivity index (χ2n) is 4.42. The summed E-state index contributed by atoms with van der Waals surface area (Å²) in [5.41, 5.74) is 0. The van der Waals surface area contributed by atoms with Crippen molar-refractivity contribution in [3.63, 3.8) is 0 Å². The molecule has 2 rings (SSSR count). The molecule has 2 aliphatic heterocycles. The third kappa shape index (κ3) is 2.08. The summed E-state index contributed by atoms with van der Waals surface area (Å²) in [4.78, 5) is 15.4. The van der Waals surface area contributed by atoms with Gasteiger partial charge < -0.3 is 4.90 Å². The summed E-state index contributed by atoms with van der Waals surface area (Å²) in [6, 6.07) is 0. The Hall–Kier alpha value is -0.570. The summed E-state index contributed by atoms with van der Waals surface area (Å²) in [6.45, 7) is 3.34. The molecule has 2 heterocycles. The van der Waals surface area contributed by atoms with E-state index in [1.165, 1.54) is 51.6 Å². The van der Waals surface area contributed by atoms with Crippen LogP contribution in [-0.2, 0) is 4.79 Å². The van der Waals surface area contributed by atoms with Crippen molar-refractivity contribution in [2.24, 2.45) is 0 Å². The molecule has 2 aliphatic rings. The molecule has 1 unspecified atom stereocenters. The number of carbonyl (C=O) groups is 1. The quantitative estimate of drug-likeness (QED) is 0.624. The Bertz CT molecular complexity index is 190. The van der Waals surface area contributed by atoms with Gasteiger partial charge in [-0.3, -0.25) is 9.69 Å². The van der Waals surface area contributed by atoms with E-state index in [9.17, 15) is 4.79 Å². The van der Waals surface area contributed by atoms with Crippen LogP contribution in [0.2, 0.25) is 0 Å². The van der Waals surface area contributed by atoms with Gasteiger partial charge in [0.2, 0.25) is 6.41 Å². The average molecular weight is 196 g/mol. The fourth-order valence-electron chi connectivity index (χ4n) is 2.67. The first-order chi connectivity index (χ1) is 6.92. The zero-order chi connectivity index (χ0) is 9.80. The Balaban J connectivity index is 1.94. The molecule has 0 aromatic carbocycles. The van der Waals surface area contributed by atoms with E-state index in [1.54, 1.807) is 0 Å². The maximum atomic E-state index is 10.9. The lowest BCUT2D eigenvalue weighted by Gasteiger charge is -2.42. The Morgan fingerprint density at radius 3 is 2.36 bits per heavy atom. The fraction of sp³-hybridized carbons (Fsp3) is 0.909. The van der Waals surface area contributed by atoms with Gasteiger partial charge in [0.05, 0.1) is 6.17 Å². The molecule has 80 valence electrons. The first-order valence-electron chi connectivity index (χ1n) is 5.87. The van der Waals surface area contributed by atoms with Crippen molar-refractivity contribution < 1.29 is 4.79 Å². The Kier molecular flexibility index (Phi) is 3.40. The number of hydrogen-bond donors (Lipinski definition) is 0. The molecule has 1 atom stereocenters. The molecule has 3 nitrogen and oxygen atoms in total. The largest absolute Gasteiger partial charge is 0.330 e. The number of likely N-dealkylation sites (tertiary alicyclic amines) is 2. The number of nitrogens with zero attached hydrogens (tertiary/aromatic N) is 2. The van der Waals surface area contributed by atoms with Crippen molar-refractivity contribution in [3.8, 4) is 0 Å². The maximum Gasteiger partial charge on any atom is 0.210 e. The lowest BCUT2D eigenvalue weighted by Crippen LogP contribution is -2.51. The van der Waals surface area contributed by atoms with Gasteiger partial charge in [-0.2, -0.15) is 0 Å². The Morgan fingerprint density at radius 1 is 0.929 bits per heavy atom. The van der Waals surface area contributed by atoms with Gasteiger partial charge in [0.1, 0.15) is 0 Å². The molecule has 0 aromatic heterocycles. The van der Waals surface area contributed by atoms with E-state index in [0.717, 1.165) is 13.0 Å². The summed E-state index contributed by atoms with van der Waals surface area (Å²) in [7, 11) is 0. The van der Waals surface area contributed by atoms with Crippen molar-refractivity contribution in [3.05, 3.63) is 0 Å². The normalized spacial score (nSPS) is 30.3. The summed E-state index contributed by atoms with van der Waals surface area (Å²) in [6.07, 6.45) is 9.09. The second-order valence-corrected chi connectivity index (χ2v) is 4.42. The Labute approximate surface area is 86.1 Å². The third-order valence-corrected chi connectivity index (χ3v) is 3.46. The minimum atomic E-state index is 0.418. The number of hydrogen-bond acceptors (Lipinski definition) is 2. The number of amides is 1. The topological polar surface area (TPSA) is 23.6 Å². The van der Waals surface area contributed by atoms with Gasteiger partial charge in [0.15, 0.2) is 0 Å². The van der Waals surface area contributed by atoms with Gasteiger partial charge in [-0.05, 0) is 32.1 Å². The molecule has 0 bridgehead atoms. The number of piperidine rings is 2. The molecule has 0 aliphatic carbocycles. The molecule has 0 spiro atoms. The third-order valence-electron chi connectivity index (χ3n) is 3.46. The van der Waals surface area contributed by atoms with Crippen LogP contribution in [0.1, 0.15) is 38.5 Å². The Morgan fingerprint density at radius 2 is 1.64 bits per heavy atom. The molecule has 2 saturated heterocycles. The van der Waals surface area contributed by atoms with Crippen LogP contribution in [0.4, 0.5) is 0 Å². The van der Waals surface area contributed by atoms with Crippen LogP contribution < -0.4 is 0 Å². The van der Waals surface area contributed by atoms with Crippen molar-refractivity contribution in [2.75, 3.05) is 19.6 Å². The standard InChI is InChI=1S/C11H20N2O/c14-10-13-9-5-2-6-11(13)12-7-3-1-4-8-12/h10-11H,1-9H2. The summed E-state index contributed by atoms with van der Waals surface area (Å²) < 4.78 is 0. The SMILES string of the molecule is O=CN1CCCCC1N1CCCCC1. The van der Waals surface area contributed by atoms with Crippen LogP contribution in [0.25, 0.3) is 0 Å². The van der Waals surface area contributed by atoms with E-state index >= 15 is 0 Å². The zero-order valence-corrected chi connectivity index (χ0v) is 8.82. The van der Waals surface area contributed by atoms with Crippen LogP contribution in [0.3, 0.4) is 0 Å². The summed E-state index contributed by atoms with van der Waals surface area (Å²) in [5.74, 6) is 0. The fourth-order valence-corrected chi connectivity index (χ4v) is 2.67. The van der Waals surface area contributed by atoms with Crippen LogP contribution >= 0.6 is 0 Å². The van der Waals surface area contributed by atoms with Gasteiger partial charge in [-0.1, -0.05) is 6.42 Å². The first kappa shape index (κ1) is 9.97. The van der Waals surface area contributed by atoms with E-state index in [2.05, 4.69) is 4.90 Å². The van der Waals surface area contributed by atoms with Crippen LogP contribution in [-0.4, -0.2) is 42.0 Å². The zero-order valence-electron chi connectivity index (χ0n) is 8.82. The van der Waals surface area contributed by atoms with Gasteiger partial charge in [0.25, 0.3) is 0 Å². The van der Waals surface area contributed by atoms with Gasteiger partial charge >= 0.3 is 0 Å². The van der Waals surface area contributed by atoms with E-state index in [0.29, 0.717) is 6.17 Å². The van der Waals surface area contributed by atoms with Crippen LogP contribution in [0.5, 0.6) is 0 Å². The van der Waals surface area contributed by atoms with Gasteiger partial charge in [-0.15, -0.1) is 0 Å². The van der Waals surface area contributed by atoms with E-state index in [4.69, 9.17) is 0 Å². The highest BCUT2D eigenvalue weighted by Gasteiger charge is 2.27. The van der Waals surface area contributed by atoms with Crippen molar-refractivity contribution >= 4 is 6.41 Å². The molecule has 3 heteroatoms. The highest BCUT2D eigenvalue weighted by molar-refractivity contribution is 5.47. The summed E-state index contributed by atoms with van der Waals surface area (Å²) in [5, 5.41) is 0. The van der Waals surface area contributed by atoms with Crippen molar-refractivity contribution in [2.45, 2.75) is 44.7 Å². The van der Waals surface area contributed by atoms with Crippen molar-refractivity contribution in [1.82, 2.24) is 9.80 Å². The number of carbonyl (C=O) groups excluding carboxylic acids is 1. The molecular weight excluding hydrogens is 176 g/mol. The minimum absolute atomic E-state index is 0.418. The average Bonchev–Trinajstić information content (AvgIpc) is 2.30. The molecule has 0 aromatic rings. The monoisotopic (exact) mass is 196 g/mol.